The molecular formula is C27H31N3O4S. The van der Waals surface area contributed by atoms with E-state index >= 15 is 0 Å². The van der Waals surface area contributed by atoms with Crippen LogP contribution in [0.15, 0.2) is 77.7 Å². The molecule has 7 nitrogen and oxygen atoms in total. The van der Waals surface area contributed by atoms with Gasteiger partial charge >= 0.3 is 0 Å². The van der Waals surface area contributed by atoms with Crippen LogP contribution in [-0.2, 0) is 21.4 Å². The standard InChI is InChI=1S/C27H31N3O4S/c1-21-18-25(14-15-26(21)34-2)35(32,33)30(24-8-4-3-5-9-24)20-27(31)28-19-22-10-12-23(13-11-22)29-16-6-7-17-29/h3-5,8-15,18H,6-7,16-17,19-20H2,1-2H3,(H,28,31). The van der Waals surface area contributed by atoms with Crippen LogP contribution >= 0.6 is 0 Å². The molecular weight excluding hydrogens is 462 g/mol. The molecule has 0 aromatic heterocycles. The van der Waals surface area contributed by atoms with E-state index in [1.807, 2.05) is 12.1 Å². The number of hydrogen-bond donors (Lipinski definition) is 1. The summed E-state index contributed by atoms with van der Waals surface area (Å²) in [5.41, 5.74) is 3.27. The number of hydrogen-bond acceptors (Lipinski definition) is 5. The SMILES string of the molecule is COc1ccc(S(=O)(=O)N(CC(=O)NCc2ccc(N3CCCC3)cc2)c2ccccc2)cc1C. The normalized spacial score (nSPS) is 13.5. The van der Waals surface area contributed by atoms with E-state index in [1.165, 1.54) is 31.7 Å². The fraction of sp³-hybridized carbons (Fsp3) is 0.296. The number of carbonyl (C=O) groups excluding carboxylic acids is 1. The average Bonchev–Trinajstić information content (AvgIpc) is 3.42. The van der Waals surface area contributed by atoms with E-state index in [1.54, 1.807) is 49.4 Å². The lowest BCUT2D eigenvalue weighted by Crippen LogP contribution is -2.40. The minimum Gasteiger partial charge on any atom is -0.496 e. The second kappa shape index (κ2) is 10.8. The Labute approximate surface area is 207 Å². The zero-order valence-corrected chi connectivity index (χ0v) is 20.9. The summed E-state index contributed by atoms with van der Waals surface area (Å²) in [7, 11) is -2.44. The summed E-state index contributed by atoms with van der Waals surface area (Å²) in [5.74, 6) is 0.218. The highest BCUT2D eigenvalue weighted by atomic mass is 32.2. The van der Waals surface area contributed by atoms with Gasteiger partial charge in [0, 0.05) is 25.3 Å². The smallest absolute Gasteiger partial charge is 0.264 e. The maximum absolute atomic E-state index is 13.6. The van der Waals surface area contributed by atoms with Gasteiger partial charge in [0.2, 0.25) is 5.91 Å². The van der Waals surface area contributed by atoms with Gasteiger partial charge in [0.1, 0.15) is 12.3 Å². The average molecular weight is 494 g/mol. The number of benzene rings is 3. The van der Waals surface area contributed by atoms with Crippen LogP contribution in [0.2, 0.25) is 0 Å². The molecule has 1 amide bonds. The maximum atomic E-state index is 13.6. The van der Waals surface area contributed by atoms with Crippen molar-refractivity contribution in [2.24, 2.45) is 0 Å². The summed E-state index contributed by atoms with van der Waals surface area (Å²) >= 11 is 0. The minimum absolute atomic E-state index is 0.102. The molecule has 8 heteroatoms. The van der Waals surface area contributed by atoms with Gasteiger partial charge in [-0.2, -0.15) is 0 Å². The Bertz CT molecular complexity index is 1260. The molecule has 35 heavy (non-hydrogen) atoms. The highest BCUT2D eigenvalue weighted by Crippen LogP contribution is 2.27. The highest BCUT2D eigenvalue weighted by molar-refractivity contribution is 7.92. The Morgan fingerprint density at radius 3 is 2.31 bits per heavy atom. The quantitative estimate of drug-likeness (QED) is 0.485. The number of amides is 1. The van der Waals surface area contributed by atoms with Crippen molar-refractivity contribution in [1.29, 1.82) is 0 Å². The molecule has 184 valence electrons. The largest absolute Gasteiger partial charge is 0.496 e. The van der Waals surface area contributed by atoms with E-state index in [9.17, 15) is 13.2 Å². The lowest BCUT2D eigenvalue weighted by atomic mass is 10.2. The third-order valence-electron chi connectivity index (χ3n) is 6.18. The summed E-state index contributed by atoms with van der Waals surface area (Å²) < 4.78 is 33.5. The van der Waals surface area contributed by atoms with Crippen LogP contribution in [0.3, 0.4) is 0 Å². The van der Waals surface area contributed by atoms with Crippen LogP contribution in [0.4, 0.5) is 11.4 Å². The minimum atomic E-state index is -3.98. The molecule has 0 bridgehead atoms. The van der Waals surface area contributed by atoms with E-state index in [0.29, 0.717) is 23.5 Å². The van der Waals surface area contributed by atoms with Crippen molar-refractivity contribution >= 4 is 27.3 Å². The first-order chi connectivity index (χ1) is 16.9. The Morgan fingerprint density at radius 2 is 1.69 bits per heavy atom. The fourth-order valence-electron chi connectivity index (χ4n) is 4.23. The Morgan fingerprint density at radius 1 is 1.00 bits per heavy atom. The van der Waals surface area contributed by atoms with Crippen LogP contribution in [-0.4, -0.2) is 41.1 Å². The van der Waals surface area contributed by atoms with Crippen molar-refractivity contribution in [3.05, 3.63) is 83.9 Å². The zero-order valence-electron chi connectivity index (χ0n) is 20.1. The topological polar surface area (TPSA) is 79.0 Å². The molecule has 0 saturated carbocycles. The first-order valence-corrected chi connectivity index (χ1v) is 13.2. The van der Waals surface area contributed by atoms with E-state index in [0.717, 1.165) is 23.0 Å². The molecule has 0 aliphatic carbocycles. The van der Waals surface area contributed by atoms with Crippen molar-refractivity contribution in [3.63, 3.8) is 0 Å². The van der Waals surface area contributed by atoms with Crippen molar-refractivity contribution in [3.8, 4) is 5.75 Å². The summed E-state index contributed by atoms with van der Waals surface area (Å²) in [4.78, 5) is 15.3. The predicted octanol–water partition coefficient (Wildman–Crippen LogP) is 4.12. The second-order valence-corrected chi connectivity index (χ2v) is 10.5. The first-order valence-electron chi connectivity index (χ1n) is 11.7. The first kappa shape index (κ1) is 24.6. The van der Waals surface area contributed by atoms with Gasteiger partial charge in [0.15, 0.2) is 0 Å². The molecule has 4 rings (SSSR count). The van der Waals surface area contributed by atoms with Crippen LogP contribution in [0.5, 0.6) is 5.75 Å². The molecule has 0 radical (unpaired) electrons. The number of aryl methyl sites for hydroxylation is 1. The van der Waals surface area contributed by atoms with Gasteiger partial charge in [0.05, 0.1) is 17.7 Å². The zero-order chi connectivity index (χ0) is 24.8. The van der Waals surface area contributed by atoms with Crippen molar-refractivity contribution in [2.75, 3.05) is 35.9 Å². The molecule has 0 spiro atoms. The number of nitrogens with one attached hydrogen (secondary N) is 1. The molecule has 0 unspecified atom stereocenters. The number of nitrogens with zero attached hydrogens (tertiary/aromatic N) is 2. The monoisotopic (exact) mass is 493 g/mol. The van der Waals surface area contributed by atoms with Crippen molar-refractivity contribution in [1.82, 2.24) is 5.32 Å². The van der Waals surface area contributed by atoms with E-state index in [4.69, 9.17) is 4.74 Å². The number of anilines is 2. The molecule has 1 aliphatic rings. The lowest BCUT2D eigenvalue weighted by Gasteiger charge is -2.24. The van der Waals surface area contributed by atoms with E-state index in [2.05, 4.69) is 22.3 Å². The highest BCUT2D eigenvalue weighted by Gasteiger charge is 2.27. The second-order valence-electron chi connectivity index (χ2n) is 8.62. The number of para-hydroxylation sites is 1. The number of rotatable bonds is 9. The lowest BCUT2D eigenvalue weighted by molar-refractivity contribution is -0.119. The van der Waals surface area contributed by atoms with Crippen LogP contribution in [0.25, 0.3) is 0 Å². The Hall–Kier alpha value is -3.52. The van der Waals surface area contributed by atoms with Crippen molar-refractivity contribution in [2.45, 2.75) is 31.2 Å². The van der Waals surface area contributed by atoms with Crippen LogP contribution in [0, 0.1) is 6.92 Å². The van der Waals surface area contributed by atoms with Gasteiger partial charge < -0.3 is 15.0 Å². The third-order valence-corrected chi connectivity index (χ3v) is 7.95. The molecule has 0 atom stereocenters. The molecule has 1 heterocycles. The van der Waals surface area contributed by atoms with Gasteiger partial charge in [-0.1, -0.05) is 30.3 Å². The van der Waals surface area contributed by atoms with Gasteiger partial charge in [-0.25, -0.2) is 8.42 Å². The Kier molecular flexibility index (Phi) is 7.60. The Balaban J connectivity index is 1.48. The van der Waals surface area contributed by atoms with E-state index < -0.39 is 10.0 Å². The summed E-state index contributed by atoms with van der Waals surface area (Å²) in [5, 5.41) is 2.86. The number of ether oxygens (including phenoxy) is 1. The van der Waals surface area contributed by atoms with Crippen LogP contribution in [0.1, 0.15) is 24.0 Å². The van der Waals surface area contributed by atoms with E-state index in [-0.39, 0.29) is 17.3 Å². The predicted molar refractivity (Wildman–Crippen MR) is 138 cm³/mol. The maximum Gasteiger partial charge on any atom is 0.264 e. The van der Waals surface area contributed by atoms with Gasteiger partial charge in [0.25, 0.3) is 10.0 Å². The molecule has 3 aromatic rings. The summed E-state index contributed by atoms with van der Waals surface area (Å²) in [6, 6.07) is 21.5. The molecule has 1 saturated heterocycles. The molecule has 1 N–H and O–H groups in total. The fourth-order valence-corrected chi connectivity index (χ4v) is 5.74. The number of carbonyl (C=O) groups is 1. The van der Waals surface area contributed by atoms with Crippen LogP contribution < -0.4 is 19.3 Å². The number of methoxy groups -OCH3 is 1. The molecule has 1 aliphatic heterocycles. The third kappa shape index (κ3) is 5.77. The summed E-state index contributed by atoms with van der Waals surface area (Å²) in [6.45, 7) is 3.93. The molecule has 3 aromatic carbocycles. The van der Waals surface area contributed by atoms with Gasteiger partial charge in [-0.3, -0.25) is 9.10 Å². The molecule has 1 fully saturated rings. The number of sulfonamides is 1. The summed E-state index contributed by atoms with van der Waals surface area (Å²) in [6.07, 6.45) is 2.43. The van der Waals surface area contributed by atoms with Gasteiger partial charge in [-0.05, 0) is 73.4 Å². The van der Waals surface area contributed by atoms with Gasteiger partial charge in [-0.15, -0.1) is 0 Å². The van der Waals surface area contributed by atoms with Crippen molar-refractivity contribution < 1.29 is 17.9 Å².